The highest BCUT2D eigenvalue weighted by Crippen LogP contribution is 2.44. The van der Waals surface area contributed by atoms with E-state index in [4.69, 9.17) is 30.3 Å². The van der Waals surface area contributed by atoms with E-state index in [-0.39, 0.29) is 16.5 Å². The number of ether oxygens (including phenoxy) is 1. The van der Waals surface area contributed by atoms with Crippen molar-refractivity contribution < 1.29 is 23.2 Å². The monoisotopic (exact) mass is 464 g/mol. The number of halogens is 1. The van der Waals surface area contributed by atoms with Crippen LogP contribution in [0.25, 0.3) is 6.08 Å². The molecule has 33 heavy (non-hydrogen) atoms. The molecule has 1 aromatic carbocycles. The van der Waals surface area contributed by atoms with Gasteiger partial charge in [-0.05, 0) is 67.3 Å². The number of carbonyl (C=O) groups is 2. The van der Waals surface area contributed by atoms with Crippen LogP contribution in [0.15, 0.2) is 80.6 Å². The number of benzene rings is 1. The van der Waals surface area contributed by atoms with Crippen LogP contribution >= 0.6 is 11.6 Å². The van der Waals surface area contributed by atoms with Crippen molar-refractivity contribution in [1.29, 1.82) is 0 Å². The van der Waals surface area contributed by atoms with Gasteiger partial charge >= 0.3 is 5.97 Å². The molecule has 3 heterocycles. The van der Waals surface area contributed by atoms with Crippen LogP contribution in [0.2, 0.25) is 5.02 Å². The number of hydrogen-bond acceptors (Lipinski definition) is 6. The van der Waals surface area contributed by atoms with Crippen molar-refractivity contribution in [1.82, 2.24) is 5.01 Å². The Labute approximate surface area is 195 Å². The lowest BCUT2D eigenvalue weighted by Crippen LogP contribution is -2.34. The number of amides is 1. The Hall–Kier alpha value is -3.58. The van der Waals surface area contributed by atoms with Crippen molar-refractivity contribution in [2.24, 2.45) is 11.0 Å². The largest absolute Gasteiger partial charge is 0.467 e. The second kappa shape index (κ2) is 9.11. The summed E-state index contributed by atoms with van der Waals surface area (Å²) < 4.78 is 16.4. The normalized spacial score (nSPS) is 21.1. The van der Waals surface area contributed by atoms with Gasteiger partial charge in [0.25, 0.3) is 5.91 Å². The van der Waals surface area contributed by atoms with Gasteiger partial charge in [0.05, 0.1) is 28.8 Å². The molecule has 0 radical (unpaired) electrons. The fourth-order valence-electron chi connectivity index (χ4n) is 4.39. The maximum atomic E-state index is 13.2. The second-order valence-electron chi connectivity index (χ2n) is 7.92. The summed E-state index contributed by atoms with van der Waals surface area (Å²) in [5, 5.41) is 6.35. The van der Waals surface area contributed by atoms with Crippen molar-refractivity contribution in [3.63, 3.8) is 0 Å². The van der Waals surface area contributed by atoms with E-state index in [0.29, 0.717) is 5.76 Å². The van der Waals surface area contributed by atoms with Gasteiger partial charge < -0.3 is 13.6 Å². The Morgan fingerprint density at radius 1 is 1.12 bits per heavy atom. The summed E-state index contributed by atoms with van der Waals surface area (Å²) in [7, 11) is 0. The molecule has 1 aliphatic heterocycles. The van der Waals surface area contributed by atoms with Gasteiger partial charge in [0, 0.05) is 5.92 Å². The van der Waals surface area contributed by atoms with E-state index in [1.54, 1.807) is 42.9 Å². The van der Waals surface area contributed by atoms with Gasteiger partial charge in [-0.2, -0.15) is 5.10 Å². The molecule has 0 N–H and O–H groups in total. The van der Waals surface area contributed by atoms with Crippen LogP contribution in [0.3, 0.4) is 0 Å². The molecule has 168 valence electrons. The minimum Gasteiger partial charge on any atom is -0.467 e. The molecule has 3 aromatic rings. The molecule has 0 bridgehead atoms. The summed E-state index contributed by atoms with van der Waals surface area (Å²) in [4.78, 5) is 25.6. The van der Waals surface area contributed by atoms with Crippen LogP contribution in [0, 0.1) is 5.92 Å². The van der Waals surface area contributed by atoms with Gasteiger partial charge in [0.2, 0.25) is 0 Å². The van der Waals surface area contributed by atoms with Crippen LogP contribution in [0.5, 0.6) is 0 Å². The van der Waals surface area contributed by atoms with Crippen molar-refractivity contribution in [2.75, 3.05) is 6.61 Å². The first-order chi connectivity index (χ1) is 16.1. The zero-order chi connectivity index (χ0) is 22.8. The lowest BCUT2D eigenvalue weighted by Gasteiger charge is -2.27. The summed E-state index contributed by atoms with van der Waals surface area (Å²) in [6, 6.07) is 13.5. The molecule has 5 rings (SSSR count). The van der Waals surface area contributed by atoms with Crippen molar-refractivity contribution in [3.8, 4) is 0 Å². The van der Waals surface area contributed by atoms with Gasteiger partial charge in [-0.25, -0.2) is 9.80 Å². The molecule has 0 saturated heterocycles. The third kappa shape index (κ3) is 4.24. The lowest BCUT2D eigenvalue weighted by atomic mass is 9.79. The fraction of sp³-hybridized carbons (Fsp3) is 0.240. The topological polar surface area (TPSA) is 85.3 Å². The molecule has 2 aliphatic rings. The van der Waals surface area contributed by atoms with E-state index in [1.807, 2.05) is 24.3 Å². The number of fused-ring (bicyclic) bond motifs is 1. The molecule has 8 heteroatoms. The number of allylic oxidation sites excluding steroid dienone is 1. The van der Waals surface area contributed by atoms with E-state index < -0.39 is 24.5 Å². The van der Waals surface area contributed by atoms with Gasteiger partial charge in [0.15, 0.2) is 6.61 Å². The summed E-state index contributed by atoms with van der Waals surface area (Å²) in [5.41, 5.74) is 2.07. The van der Waals surface area contributed by atoms with Crippen LogP contribution in [-0.2, 0) is 9.53 Å². The highest BCUT2D eigenvalue weighted by Gasteiger charge is 2.45. The first-order valence-electron chi connectivity index (χ1n) is 10.7. The summed E-state index contributed by atoms with van der Waals surface area (Å²) >= 11 is 6.06. The molecule has 0 spiro atoms. The number of nitrogens with zero attached hydrogens (tertiary/aromatic N) is 2. The summed E-state index contributed by atoms with van der Waals surface area (Å²) in [5.74, 6) is 0.265. The van der Waals surface area contributed by atoms with Crippen LogP contribution in [0.1, 0.15) is 47.2 Å². The highest BCUT2D eigenvalue weighted by molar-refractivity contribution is 6.33. The molecule has 0 unspecified atom stereocenters. The van der Waals surface area contributed by atoms with Gasteiger partial charge in [-0.3, -0.25) is 4.79 Å². The Kier molecular flexibility index (Phi) is 5.88. The first kappa shape index (κ1) is 21.3. The molecule has 1 aliphatic carbocycles. The van der Waals surface area contributed by atoms with Crippen molar-refractivity contribution in [3.05, 3.63) is 88.7 Å². The molecule has 2 aromatic heterocycles. The predicted molar refractivity (Wildman–Crippen MR) is 121 cm³/mol. The zero-order valence-electron chi connectivity index (χ0n) is 17.6. The lowest BCUT2D eigenvalue weighted by molar-refractivity contribution is -0.137. The molecular formula is C25H21ClN2O5. The number of rotatable bonds is 5. The molecule has 2 atom stereocenters. The van der Waals surface area contributed by atoms with Gasteiger partial charge in [0.1, 0.15) is 17.6 Å². The summed E-state index contributed by atoms with van der Waals surface area (Å²) in [6.07, 6.45) is 7.83. The van der Waals surface area contributed by atoms with Crippen molar-refractivity contribution >= 4 is 35.3 Å². The molecular weight excluding hydrogens is 444 g/mol. The zero-order valence-corrected chi connectivity index (χ0v) is 18.4. The van der Waals surface area contributed by atoms with Crippen LogP contribution in [-0.4, -0.2) is 29.2 Å². The quantitative estimate of drug-likeness (QED) is 0.465. The van der Waals surface area contributed by atoms with Crippen LogP contribution in [0.4, 0.5) is 0 Å². The third-order valence-corrected chi connectivity index (χ3v) is 6.20. The number of carbonyl (C=O) groups excluding carboxylic acids is 2. The molecule has 1 saturated carbocycles. The Bertz CT molecular complexity index is 1210. The average molecular weight is 465 g/mol. The SMILES string of the molecule is O=C(OCC(=O)N1N=C2/C(=C/c3ccco3)CCC[C@H]2[C@@H]1c1ccco1)c1ccccc1Cl. The van der Waals surface area contributed by atoms with Gasteiger partial charge in [-0.1, -0.05) is 23.7 Å². The smallest absolute Gasteiger partial charge is 0.340 e. The Balaban J connectivity index is 1.40. The summed E-state index contributed by atoms with van der Waals surface area (Å²) in [6.45, 7) is -0.456. The second-order valence-corrected chi connectivity index (χ2v) is 8.33. The third-order valence-electron chi connectivity index (χ3n) is 5.87. The Morgan fingerprint density at radius 3 is 2.70 bits per heavy atom. The minimum absolute atomic E-state index is 0.0191. The van der Waals surface area contributed by atoms with Gasteiger partial charge in [-0.15, -0.1) is 0 Å². The highest BCUT2D eigenvalue weighted by atomic mass is 35.5. The number of furan rings is 2. The number of esters is 1. The van der Waals surface area contributed by atoms with E-state index in [1.165, 1.54) is 5.01 Å². The maximum absolute atomic E-state index is 13.2. The predicted octanol–water partition coefficient (Wildman–Crippen LogP) is 5.51. The minimum atomic E-state index is -0.661. The first-order valence-corrected chi connectivity index (χ1v) is 11.1. The molecule has 1 fully saturated rings. The average Bonchev–Trinajstić information content (AvgIpc) is 3.58. The number of hydrogen-bond donors (Lipinski definition) is 0. The van der Waals surface area contributed by atoms with Crippen molar-refractivity contribution in [2.45, 2.75) is 25.3 Å². The van der Waals surface area contributed by atoms with Crippen LogP contribution < -0.4 is 0 Å². The van der Waals surface area contributed by atoms with E-state index in [0.717, 1.165) is 36.3 Å². The standard InChI is InChI=1S/C25H21ClN2O5/c26-20-10-2-1-8-18(20)25(30)33-15-22(29)28-24(21-11-5-13-32-21)19-9-3-6-16(23(19)27-28)14-17-7-4-12-31-17/h1-2,4-5,7-8,10-14,19,24H,3,6,9,15H2/b16-14+/t19-,24-/m1/s1. The molecule has 1 amide bonds. The fourth-order valence-corrected chi connectivity index (χ4v) is 4.60. The maximum Gasteiger partial charge on any atom is 0.340 e. The number of hydrazone groups is 1. The van der Waals surface area contributed by atoms with E-state index in [2.05, 4.69) is 0 Å². The molecule has 7 nitrogen and oxygen atoms in total. The van der Waals surface area contributed by atoms with E-state index >= 15 is 0 Å². The Morgan fingerprint density at radius 2 is 1.94 bits per heavy atom. The van der Waals surface area contributed by atoms with E-state index in [9.17, 15) is 9.59 Å².